The van der Waals surface area contributed by atoms with Crippen LogP contribution >= 0.6 is 0 Å². The van der Waals surface area contributed by atoms with Crippen molar-refractivity contribution in [3.05, 3.63) is 327 Å². The van der Waals surface area contributed by atoms with E-state index >= 15 is 0 Å². The molecule has 8 heteroatoms. The fraction of sp³-hybridized carbons (Fsp3) is 0.0233. The lowest BCUT2D eigenvalue weighted by Gasteiger charge is -2.19. The van der Waals surface area contributed by atoms with Crippen LogP contribution in [0.1, 0.15) is 11.1 Å². The summed E-state index contributed by atoms with van der Waals surface area (Å²) in [7, 11) is 0. The highest BCUT2D eigenvalue weighted by Crippen LogP contribution is 2.44. The minimum atomic E-state index is 0.573. The third-order valence-electron chi connectivity index (χ3n) is 18.1. The Bertz CT molecular complexity index is 5290. The van der Waals surface area contributed by atoms with E-state index in [2.05, 4.69) is 266 Å². The predicted octanol–water partition coefficient (Wildman–Crippen LogP) is 21.5. The van der Waals surface area contributed by atoms with Crippen molar-refractivity contribution in [3.63, 3.8) is 0 Å². The smallest absolute Gasteiger partial charge is 0.164 e. The van der Waals surface area contributed by atoms with Crippen molar-refractivity contribution in [2.24, 2.45) is 0 Å². The summed E-state index contributed by atoms with van der Waals surface area (Å²) in [6, 6.07) is 112. The first kappa shape index (κ1) is 55.5. The molecule has 0 atom stereocenters. The number of aryl methyl sites for hydroxylation is 2. The normalized spacial score (nSPS) is 11.5. The Kier molecular flexibility index (Phi) is 13.8. The average Bonchev–Trinajstić information content (AvgIpc) is 1.56. The molecule has 4 aromatic heterocycles. The van der Waals surface area contributed by atoms with E-state index in [9.17, 15) is 0 Å². The van der Waals surface area contributed by atoms with Crippen LogP contribution in [-0.2, 0) is 0 Å². The number of hydrogen-bond acceptors (Lipinski definition) is 6. The Morgan fingerprint density at radius 3 is 0.851 bits per heavy atom. The van der Waals surface area contributed by atoms with Gasteiger partial charge in [0.05, 0.1) is 33.4 Å². The number of aromatic nitrogens is 8. The monoisotopic (exact) mass is 1200 g/mol. The molecule has 17 aromatic rings. The van der Waals surface area contributed by atoms with Crippen molar-refractivity contribution in [2.45, 2.75) is 13.8 Å². The lowest BCUT2D eigenvalue weighted by atomic mass is 9.95. The van der Waals surface area contributed by atoms with Gasteiger partial charge in [-0.3, -0.25) is 0 Å². The minimum absolute atomic E-state index is 0.573. The minimum Gasteiger partial charge on any atom is -0.309 e. The Balaban J connectivity index is 0.900. The molecule has 0 fully saturated rings. The van der Waals surface area contributed by atoms with Crippen molar-refractivity contribution in [3.8, 4) is 124 Å². The maximum atomic E-state index is 5.28. The third-order valence-corrected chi connectivity index (χ3v) is 18.1. The van der Waals surface area contributed by atoms with Gasteiger partial charge in [-0.1, -0.05) is 261 Å². The molecule has 0 bridgehead atoms. The van der Waals surface area contributed by atoms with Gasteiger partial charge in [-0.15, -0.1) is 0 Å². The third kappa shape index (κ3) is 9.98. The molecule has 0 amide bonds. The molecule has 0 aliphatic rings. The quantitative estimate of drug-likeness (QED) is 0.121. The van der Waals surface area contributed by atoms with Gasteiger partial charge in [0.2, 0.25) is 0 Å². The lowest BCUT2D eigenvalue weighted by molar-refractivity contribution is 1.07. The van der Waals surface area contributed by atoms with Crippen LogP contribution in [0, 0.1) is 13.8 Å². The standard InChI is InChI=1S/C86H58N8/c1-55-24-15-17-36-67(55)63-44-48-77-73(51-63)71-38-19-21-40-75(71)93(77)79-53-65(85-89-81(57-26-7-3-8-27-57)87-82(90-85)58-28-9-4-10-29-58)42-46-69(79)61-34-23-35-62(50-61)70-47-43-66(86-91-83(59-30-11-5-12-31-59)88-84(92-86)60-32-13-6-14-33-60)54-80(70)94-76-41-22-20-39-72(76)74-52-64(45-49-78(74)94)68-37-18-16-25-56(68)2/h3-54H,1-2H3. The van der Waals surface area contributed by atoms with E-state index in [4.69, 9.17) is 29.9 Å². The van der Waals surface area contributed by atoms with Gasteiger partial charge >= 0.3 is 0 Å². The molecule has 4 heterocycles. The summed E-state index contributed by atoms with van der Waals surface area (Å²) < 4.78 is 4.86. The van der Waals surface area contributed by atoms with Crippen LogP contribution in [0.2, 0.25) is 0 Å². The van der Waals surface area contributed by atoms with Gasteiger partial charge in [0, 0.05) is 66.1 Å². The van der Waals surface area contributed by atoms with Crippen molar-refractivity contribution >= 4 is 43.6 Å². The summed E-state index contributed by atoms with van der Waals surface area (Å²) in [5.41, 5.74) is 23.0. The van der Waals surface area contributed by atoms with Crippen LogP contribution in [-0.4, -0.2) is 39.0 Å². The molecular formula is C86H58N8. The second-order valence-corrected chi connectivity index (χ2v) is 23.9. The van der Waals surface area contributed by atoms with Gasteiger partial charge in [0.25, 0.3) is 0 Å². The first-order valence-corrected chi connectivity index (χ1v) is 31.8. The van der Waals surface area contributed by atoms with Gasteiger partial charge in [-0.25, -0.2) is 29.9 Å². The largest absolute Gasteiger partial charge is 0.309 e. The van der Waals surface area contributed by atoms with E-state index in [1.807, 2.05) is 72.8 Å². The number of hydrogen-bond donors (Lipinski definition) is 0. The summed E-state index contributed by atoms with van der Waals surface area (Å²) in [4.78, 5) is 31.3. The van der Waals surface area contributed by atoms with Crippen LogP contribution < -0.4 is 0 Å². The molecule has 0 spiro atoms. The number of fused-ring (bicyclic) bond motifs is 6. The highest BCUT2D eigenvalue weighted by Gasteiger charge is 2.24. The molecule has 0 aliphatic heterocycles. The SMILES string of the molecule is Cc1ccccc1-c1ccc2c(c1)c1ccccc1n2-c1cc(-c2nc(-c3ccccc3)nc(-c3ccccc3)n2)ccc1-c1cccc(-c2ccc(-c3nc(-c4ccccc4)nc(-c4ccccc4)n3)cc2-n2c3ccccc3c3cc(-c4ccccc4C)ccc32)c1. The van der Waals surface area contributed by atoms with Gasteiger partial charge in [-0.05, 0) is 113 Å². The fourth-order valence-corrected chi connectivity index (χ4v) is 13.5. The van der Waals surface area contributed by atoms with Crippen LogP contribution in [0.5, 0.6) is 0 Å². The van der Waals surface area contributed by atoms with Crippen LogP contribution in [0.25, 0.3) is 168 Å². The van der Waals surface area contributed by atoms with Crippen LogP contribution in [0.3, 0.4) is 0 Å². The molecule has 0 N–H and O–H groups in total. The first-order chi connectivity index (χ1) is 46.4. The van der Waals surface area contributed by atoms with Crippen molar-refractivity contribution in [1.29, 1.82) is 0 Å². The summed E-state index contributed by atoms with van der Waals surface area (Å²) in [5.74, 6) is 3.55. The van der Waals surface area contributed by atoms with Crippen LogP contribution in [0.15, 0.2) is 315 Å². The number of nitrogens with zero attached hydrogens (tertiary/aromatic N) is 8. The molecule has 94 heavy (non-hydrogen) atoms. The fourth-order valence-electron chi connectivity index (χ4n) is 13.5. The average molecular weight is 1200 g/mol. The molecule has 8 nitrogen and oxygen atoms in total. The number of rotatable bonds is 12. The summed E-state index contributed by atoms with van der Waals surface area (Å²) in [6.45, 7) is 4.37. The van der Waals surface area contributed by atoms with Gasteiger partial charge in [-0.2, -0.15) is 0 Å². The van der Waals surface area contributed by atoms with Gasteiger partial charge in [0.15, 0.2) is 34.9 Å². The Hall–Kier alpha value is -12.5. The zero-order valence-corrected chi connectivity index (χ0v) is 51.6. The van der Waals surface area contributed by atoms with E-state index < -0.39 is 0 Å². The Labute approximate surface area is 544 Å². The van der Waals surface area contributed by atoms with E-state index in [1.165, 1.54) is 33.4 Å². The Morgan fingerprint density at radius 1 is 0.191 bits per heavy atom. The van der Waals surface area contributed by atoms with E-state index in [0.717, 1.165) is 111 Å². The predicted molar refractivity (Wildman–Crippen MR) is 386 cm³/mol. The topological polar surface area (TPSA) is 87.2 Å². The second-order valence-electron chi connectivity index (χ2n) is 23.9. The molecule has 0 unspecified atom stereocenters. The lowest BCUT2D eigenvalue weighted by Crippen LogP contribution is -2.03. The zero-order chi connectivity index (χ0) is 62.6. The first-order valence-electron chi connectivity index (χ1n) is 31.8. The van der Waals surface area contributed by atoms with Crippen molar-refractivity contribution < 1.29 is 0 Å². The second kappa shape index (κ2) is 23.4. The highest BCUT2D eigenvalue weighted by molar-refractivity contribution is 6.13. The van der Waals surface area contributed by atoms with Gasteiger partial charge < -0.3 is 9.13 Å². The number of benzene rings is 13. The molecule has 0 saturated carbocycles. The van der Waals surface area contributed by atoms with Gasteiger partial charge in [0.1, 0.15) is 0 Å². The zero-order valence-electron chi connectivity index (χ0n) is 51.6. The molecule has 442 valence electrons. The molecule has 17 rings (SSSR count). The highest BCUT2D eigenvalue weighted by atomic mass is 15.1. The maximum absolute atomic E-state index is 5.28. The summed E-state index contributed by atoms with van der Waals surface area (Å²) >= 11 is 0. The molecule has 0 aliphatic carbocycles. The van der Waals surface area contributed by atoms with Crippen molar-refractivity contribution in [2.75, 3.05) is 0 Å². The van der Waals surface area contributed by atoms with Crippen LogP contribution in [0.4, 0.5) is 0 Å². The van der Waals surface area contributed by atoms with E-state index in [1.54, 1.807) is 0 Å². The molecule has 0 saturated heterocycles. The van der Waals surface area contributed by atoms with E-state index in [-0.39, 0.29) is 0 Å². The summed E-state index contributed by atoms with van der Waals surface area (Å²) in [6.07, 6.45) is 0. The Morgan fingerprint density at radius 2 is 0.479 bits per heavy atom. The molecule has 13 aromatic carbocycles. The number of para-hydroxylation sites is 2. The van der Waals surface area contributed by atoms with Crippen molar-refractivity contribution in [1.82, 2.24) is 39.0 Å². The molecular weight excluding hydrogens is 1150 g/mol. The molecule has 0 radical (unpaired) electrons. The summed E-state index contributed by atoms with van der Waals surface area (Å²) in [5, 5.41) is 4.63. The maximum Gasteiger partial charge on any atom is 0.164 e. The van der Waals surface area contributed by atoms with E-state index in [0.29, 0.717) is 34.9 Å².